The second-order valence-corrected chi connectivity index (χ2v) is 7.49. The van der Waals surface area contributed by atoms with Crippen LogP contribution < -0.4 is 4.90 Å². The fourth-order valence-corrected chi connectivity index (χ4v) is 3.81. The van der Waals surface area contributed by atoms with Gasteiger partial charge >= 0.3 is 5.97 Å². The maximum Gasteiger partial charge on any atom is 0.337 e. The molecule has 156 valence electrons. The molecule has 1 aromatic heterocycles. The molecule has 0 fully saturated rings. The molecule has 0 saturated heterocycles. The molecule has 0 unspecified atom stereocenters. The predicted molar refractivity (Wildman–Crippen MR) is 124 cm³/mol. The number of halogens is 1. The number of hydrogen-bond acceptors (Lipinski definition) is 3. The lowest BCUT2D eigenvalue weighted by Crippen LogP contribution is -2.21. The molecule has 0 spiro atoms. The number of benzene rings is 2. The molecule has 2 aromatic carbocycles. The summed E-state index contributed by atoms with van der Waals surface area (Å²) < 4.78 is 2.01. The molecule has 1 N–H and O–H groups in total. The van der Waals surface area contributed by atoms with Crippen LogP contribution >= 0.6 is 11.6 Å². The number of aromatic nitrogens is 1. The van der Waals surface area contributed by atoms with E-state index in [1.165, 1.54) is 5.69 Å². The molecular formula is C24H26ClN3O2. The van der Waals surface area contributed by atoms with Crippen LogP contribution in [-0.2, 0) is 0 Å². The fourth-order valence-electron chi connectivity index (χ4n) is 3.61. The molecule has 5 nitrogen and oxygen atoms in total. The Bertz CT molecular complexity index is 1080. The van der Waals surface area contributed by atoms with Crippen LogP contribution in [0.5, 0.6) is 0 Å². The monoisotopic (exact) mass is 423 g/mol. The van der Waals surface area contributed by atoms with Gasteiger partial charge in [-0.1, -0.05) is 11.6 Å². The fraction of sp³-hybridized carbons (Fsp3) is 0.250. The average Bonchev–Trinajstić information content (AvgIpc) is 3.02. The lowest BCUT2D eigenvalue weighted by Gasteiger charge is -2.20. The minimum atomic E-state index is -1.04. The summed E-state index contributed by atoms with van der Waals surface area (Å²) in [6, 6.07) is 15.3. The number of aliphatic imine (C=N–C) groups is 1. The first kappa shape index (κ1) is 21.7. The lowest BCUT2D eigenvalue weighted by atomic mass is 10.2. The highest BCUT2D eigenvalue weighted by atomic mass is 35.5. The first-order chi connectivity index (χ1) is 14.3. The zero-order chi connectivity index (χ0) is 21.8. The largest absolute Gasteiger partial charge is 0.478 e. The normalized spacial score (nSPS) is 11.2. The van der Waals surface area contributed by atoms with Gasteiger partial charge in [-0.15, -0.1) is 0 Å². The zero-order valence-electron chi connectivity index (χ0n) is 17.7. The Morgan fingerprint density at radius 1 is 1.10 bits per heavy atom. The molecule has 0 bridgehead atoms. The first-order valence-electron chi connectivity index (χ1n) is 9.97. The summed E-state index contributed by atoms with van der Waals surface area (Å²) in [5, 5.41) is 9.58. The van der Waals surface area contributed by atoms with Crippen LogP contribution in [0.4, 0.5) is 11.4 Å². The van der Waals surface area contributed by atoms with E-state index in [4.69, 9.17) is 11.6 Å². The van der Waals surface area contributed by atoms with Gasteiger partial charge in [-0.25, -0.2) is 4.79 Å². The van der Waals surface area contributed by atoms with E-state index in [0.717, 1.165) is 41.4 Å². The van der Waals surface area contributed by atoms with Crippen molar-refractivity contribution in [1.29, 1.82) is 0 Å². The number of anilines is 1. The van der Waals surface area contributed by atoms with E-state index in [1.54, 1.807) is 12.1 Å². The summed E-state index contributed by atoms with van der Waals surface area (Å²) in [5.41, 5.74) is 5.87. The number of hydrogen-bond donors (Lipinski definition) is 1. The van der Waals surface area contributed by atoms with Crippen molar-refractivity contribution in [2.45, 2.75) is 27.7 Å². The predicted octanol–water partition coefficient (Wildman–Crippen LogP) is 6.04. The van der Waals surface area contributed by atoms with Gasteiger partial charge in [-0.2, -0.15) is 0 Å². The summed E-state index contributed by atoms with van der Waals surface area (Å²) >= 11 is 6.02. The maximum atomic E-state index is 11.4. The van der Waals surface area contributed by atoms with E-state index < -0.39 is 5.97 Å². The second kappa shape index (κ2) is 9.18. The van der Waals surface area contributed by atoms with Crippen LogP contribution in [0.1, 0.15) is 41.2 Å². The molecular weight excluding hydrogens is 398 g/mol. The Balaban J connectivity index is 1.89. The minimum Gasteiger partial charge on any atom is -0.478 e. The van der Waals surface area contributed by atoms with E-state index in [9.17, 15) is 9.90 Å². The van der Waals surface area contributed by atoms with Gasteiger partial charge in [0.25, 0.3) is 0 Å². The number of carboxylic acid groups (broad SMARTS) is 1. The van der Waals surface area contributed by atoms with Crippen LogP contribution in [0, 0.1) is 13.8 Å². The Morgan fingerprint density at radius 2 is 1.77 bits per heavy atom. The van der Waals surface area contributed by atoms with Gasteiger partial charge in [0.1, 0.15) is 0 Å². The molecule has 0 saturated carbocycles. The van der Waals surface area contributed by atoms with Crippen molar-refractivity contribution in [3.8, 4) is 5.69 Å². The molecule has 0 radical (unpaired) electrons. The van der Waals surface area contributed by atoms with Crippen LogP contribution in [-0.4, -0.2) is 34.9 Å². The third-order valence-electron chi connectivity index (χ3n) is 5.24. The highest BCUT2D eigenvalue weighted by Gasteiger charge is 2.14. The highest BCUT2D eigenvalue weighted by molar-refractivity contribution is 6.33. The van der Waals surface area contributed by atoms with Gasteiger partial charge < -0.3 is 14.6 Å². The minimum absolute atomic E-state index is 0.0881. The van der Waals surface area contributed by atoms with Crippen molar-refractivity contribution >= 4 is 35.2 Å². The van der Waals surface area contributed by atoms with Crippen LogP contribution in [0.15, 0.2) is 53.5 Å². The number of carboxylic acids is 1. The molecule has 30 heavy (non-hydrogen) atoms. The number of aryl methyl sites for hydroxylation is 1. The molecule has 0 aliphatic carbocycles. The van der Waals surface area contributed by atoms with Gasteiger partial charge in [-0.3, -0.25) is 4.99 Å². The van der Waals surface area contributed by atoms with Crippen molar-refractivity contribution in [2.75, 3.05) is 18.0 Å². The quantitative estimate of drug-likeness (QED) is 0.471. The van der Waals surface area contributed by atoms with Crippen LogP contribution in [0.3, 0.4) is 0 Å². The summed E-state index contributed by atoms with van der Waals surface area (Å²) in [7, 11) is 0. The Hall–Kier alpha value is -3.05. The van der Waals surface area contributed by atoms with Crippen molar-refractivity contribution in [2.24, 2.45) is 4.99 Å². The number of rotatable bonds is 7. The molecule has 0 atom stereocenters. The Labute approximate surface area is 182 Å². The first-order valence-corrected chi connectivity index (χ1v) is 10.3. The van der Waals surface area contributed by atoms with Gasteiger partial charge in [-0.05, 0) is 76.2 Å². The van der Waals surface area contributed by atoms with Crippen molar-refractivity contribution in [1.82, 2.24) is 4.57 Å². The topological polar surface area (TPSA) is 57.8 Å². The van der Waals surface area contributed by atoms with Crippen molar-refractivity contribution in [3.05, 3.63) is 76.1 Å². The SMILES string of the molecule is CCN(CC)c1ccc(N=Cc2cc(C)n(-c3ccc(Cl)c(C(=O)O)c3)c2C)cc1. The van der Waals surface area contributed by atoms with Gasteiger partial charge in [0.2, 0.25) is 0 Å². The number of nitrogens with zero attached hydrogens (tertiary/aromatic N) is 3. The molecule has 3 aromatic rings. The summed E-state index contributed by atoms with van der Waals surface area (Å²) in [4.78, 5) is 18.3. The Morgan fingerprint density at radius 3 is 2.37 bits per heavy atom. The molecule has 0 aliphatic rings. The van der Waals surface area contributed by atoms with E-state index in [-0.39, 0.29) is 10.6 Å². The number of aromatic carboxylic acids is 1. The molecule has 3 rings (SSSR count). The maximum absolute atomic E-state index is 11.4. The van der Waals surface area contributed by atoms with Crippen LogP contribution in [0.25, 0.3) is 5.69 Å². The highest BCUT2D eigenvalue weighted by Crippen LogP contribution is 2.25. The van der Waals surface area contributed by atoms with E-state index in [2.05, 4.69) is 35.9 Å². The number of carbonyl (C=O) groups is 1. The van der Waals surface area contributed by atoms with Gasteiger partial charge in [0.15, 0.2) is 0 Å². The molecule has 0 amide bonds. The lowest BCUT2D eigenvalue weighted by molar-refractivity contribution is 0.0697. The van der Waals surface area contributed by atoms with Gasteiger partial charge in [0, 0.05) is 47.6 Å². The van der Waals surface area contributed by atoms with Crippen molar-refractivity contribution in [3.63, 3.8) is 0 Å². The van der Waals surface area contributed by atoms with E-state index in [1.807, 2.05) is 48.9 Å². The van der Waals surface area contributed by atoms with Crippen molar-refractivity contribution < 1.29 is 9.90 Å². The van der Waals surface area contributed by atoms with Gasteiger partial charge in [0.05, 0.1) is 16.3 Å². The average molecular weight is 424 g/mol. The smallest absolute Gasteiger partial charge is 0.337 e. The molecule has 1 heterocycles. The standard InChI is InChI=1S/C24H26ClN3O2/c1-5-27(6-2)20-9-7-19(8-10-20)26-15-18-13-16(3)28(17(18)4)21-11-12-23(25)22(14-21)24(29)30/h7-15H,5-6H2,1-4H3,(H,29,30). The summed E-state index contributed by atoms with van der Waals surface area (Å²) in [5.74, 6) is -1.04. The van der Waals surface area contributed by atoms with E-state index >= 15 is 0 Å². The molecule has 6 heteroatoms. The summed E-state index contributed by atoms with van der Waals surface area (Å²) in [6.07, 6.45) is 1.85. The summed E-state index contributed by atoms with van der Waals surface area (Å²) in [6.45, 7) is 10.2. The van der Waals surface area contributed by atoms with E-state index in [0.29, 0.717) is 0 Å². The Kier molecular flexibility index (Phi) is 6.63. The second-order valence-electron chi connectivity index (χ2n) is 7.08. The third-order valence-corrected chi connectivity index (χ3v) is 5.57. The van der Waals surface area contributed by atoms with Crippen LogP contribution in [0.2, 0.25) is 5.02 Å². The zero-order valence-corrected chi connectivity index (χ0v) is 18.4. The molecule has 0 aliphatic heterocycles. The third kappa shape index (κ3) is 4.41.